The molecule has 29 heavy (non-hydrogen) atoms. The van der Waals surface area contributed by atoms with Gasteiger partial charge in [-0.05, 0) is 42.4 Å². The number of ketones is 1. The number of hydrogen-bond donors (Lipinski definition) is 1. The second-order valence-corrected chi connectivity index (χ2v) is 8.87. The average Bonchev–Trinajstić information content (AvgIpc) is 3.16. The van der Waals surface area contributed by atoms with Crippen LogP contribution in [0.15, 0.2) is 54.6 Å². The first-order chi connectivity index (χ1) is 14.1. The van der Waals surface area contributed by atoms with Gasteiger partial charge in [0.15, 0.2) is 0 Å². The maximum Gasteiger partial charge on any atom is 0.138 e. The van der Waals surface area contributed by atoms with E-state index in [-0.39, 0.29) is 12.0 Å². The minimum absolute atomic E-state index is 0.0892. The van der Waals surface area contributed by atoms with Crippen LogP contribution in [0, 0.1) is 11.8 Å². The lowest BCUT2D eigenvalue weighted by Crippen LogP contribution is -2.57. The van der Waals surface area contributed by atoms with Crippen LogP contribution in [0.2, 0.25) is 0 Å². The number of nitrogens with one attached hydrogen (secondary N) is 1. The molecule has 0 amide bonds. The summed E-state index contributed by atoms with van der Waals surface area (Å²) in [5.41, 5.74) is 3.51. The quantitative estimate of drug-likeness (QED) is 0.667. The highest BCUT2D eigenvalue weighted by molar-refractivity contribution is 5.82. The van der Waals surface area contributed by atoms with E-state index in [1.165, 1.54) is 16.8 Å². The van der Waals surface area contributed by atoms with Crippen molar-refractivity contribution in [3.63, 3.8) is 0 Å². The largest absolute Gasteiger partial charge is 0.379 e. The summed E-state index contributed by atoms with van der Waals surface area (Å²) in [5.74, 6) is 1.18. The van der Waals surface area contributed by atoms with Gasteiger partial charge in [0.1, 0.15) is 5.78 Å². The number of rotatable bonds is 7. The summed E-state index contributed by atoms with van der Waals surface area (Å²) in [6, 6.07) is 19.5. The molecule has 1 saturated heterocycles. The van der Waals surface area contributed by atoms with Crippen molar-refractivity contribution in [1.29, 1.82) is 0 Å². The van der Waals surface area contributed by atoms with Gasteiger partial charge >= 0.3 is 0 Å². The zero-order valence-electron chi connectivity index (χ0n) is 17.9. The van der Waals surface area contributed by atoms with E-state index in [0.29, 0.717) is 30.6 Å². The topological polar surface area (TPSA) is 38.3 Å². The van der Waals surface area contributed by atoms with Crippen LogP contribution in [-0.2, 0) is 16.0 Å². The molecule has 0 spiro atoms. The smallest absolute Gasteiger partial charge is 0.138 e. The Labute approximate surface area is 174 Å². The van der Waals surface area contributed by atoms with Crippen molar-refractivity contribution in [3.05, 3.63) is 65.7 Å². The van der Waals surface area contributed by atoms with E-state index in [1.807, 2.05) is 6.92 Å². The highest BCUT2D eigenvalue weighted by Crippen LogP contribution is 2.51. The number of para-hydroxylation sites is 1. The lowest BCUT2D eigenvalue weighted by molar-refractivity contribution is -0.145. The highest BCUT2D eigenvalue weighted by atomic mass is 16.5. The first-order valence-corrected chi connectivity index (χ1v) is 11.1. The fourth-order valence-corrected chi connectivity index (χ4v) is 5.21. The summed E-state index contributed by atoms with van der Waals surface area (Å²) in [5, 5.41) is 3.78. The van der Waals surface area contributed by atoms with Gasteiger partial charge in [-0.2, -0.15) is 0 Å². The summed E-state index contributed by atoms with van der Waals surface area (Å²) in [4.78, 5) is 12.9. The van der Waals surface area contributed by atoms with Crippen molar-refractivity contribution in [3.8, 4) is 0 Å². The summed E-state index contributed by atoms with van der Waals surface area (Å²) in [6.45, 7) is 7.00. The van der Waals surface area contributed by atoms with Gasteiger partial charge in [0, 0.05) is 23.9 Å². The van der Waals surface area contributed by atoms with E-state index in [0.717, 1.165) is 19.3 Å². The van der Waals surface area contributed by atoms with Crippen LogP contribution in [-0.4, -0.2) is 24.0 Å². The molecule has 2 heterocycles. The molecule has 2 aromatic rings. The number of anilines is 1. The Hall–Kier alpha value is -2.13. The predicted molar refractivity (Wildman–Crippen MR) is 118 cm³/mol. The third-order valence-corrected chi connectivity index (χ3v) is 7.22. The minimum atomic E-state index is -0.433. The molecule has 1 N–H and O–H groups in total. The highest BCUT2D eigenvalue weighted by Gasteiger charge is 2.54. The monoisotopic (exact) mass is 391 g/mol. The minimum Gasteiger partial charge on any atom is -0.379 e. The molecule has 5 unspecified atom stereocenters. The first-order valence-electron chi connectivity index (χ1n) is 11.1. The molecule has 3 nitrogen and oxygen atoms in total. The van der Waals surface area contributed by atoms with Crippen molar-refractivity contribution >= 4 is 11.5 Å². The number of benzene rings is 2. The van der Waals surface area contributed by atoms with E-state index in [9.17, 15) is 4.79 Å². The fraction of sp³-hybridized carbons (Fsp3) is 0.500. The molecule has 5 atom stereocenters. The molecule has 0 bridgehead atoms. The maximum absolute atomic E-state index is 12.9. The van der Waals surface area contributed by atoms with Gasteiger partial charge in [0.25, 0.3) is 0 Å². The second-order valence-electron chi connectivity index (χ2n) is 8.87. The van der Waals surface area contributed by atoms with Crippen molar-refractivity contribution in [2.75, 3.05) is 11.9 Å². The standard InChI is InChI=1S/C26H33NO2/c1-4-18(3)23(28)16-26(5-2)25-24(21-13-9-10-14-22(21)27-25)20(17-29-26)15-19-11-7-6-8-12-19/h6-14,18,20,24-25,27H,4-5,15-17H2,1-3H3. The summed E-state index contributed by atoms with van der Waals surface area (Å²) in [7, 11) is 0. The Morgan fingerprint density at radius 3 is 2.59 bits per heavy atom. The van der Waals surface area contributed by atoms with Crippen LogP contribution >= 0.6 is 0 Å². The summed E-state index contributed by atoms with van der Waals surface area (Å²) < 4.78 is 6.63. The van der Waals surface area contributed by atoms with E-state index >= 15 is 0 Å². The number of ether oxygens (including phenoxy) is 1. The number of hydrogen-bond acceptors (Lipinski definition) is 3. The molecule has 0 aromatic heterocycles. The Morgan fingerprint density at radius 2 is 1.86 bits per heavy atom. The lowest BCUT2D eigenvalue weighted by Gasteiger charge is -2.48. The average molecular weight is 392 g/mol. The number of carbonyl (C=O) groups excluding carboxylic acids is 1. The van der Waals surface area contributed by atoms with Gasteiger partial charge in [-0.15, -0.1) is 0 Å². The Bertz CT molecular complexity index is 849. The fourth-order valence-electron chi connectivity index (χ4n) is 5.21. The third-order valence-electron chi connectivity index (χ3n) is 7.22. The zero-order chi connectivity index (χ0) is 20.4. The van der Waals surface area contributed by atoms with Crippen LogP contribution in [0.1, 0.15) is 57.1 Å². The van der Waals surface area contributed by atoms with Crippen LogP contribution < -0.4 is 5.32 Å². The molecule has 154 valence electrons. The Kier molecular flexibility index (Phi) is 5.78. The van der Waals surface area contributed by atoms with E-state index in [1.54, 1.807) is 0 Å². The number of Topliss-reactive ketones (excluding diaryl/α,β-unsaturated/α-hetero) is 1. The molecular weight excluding hydrogens is 358 g/mol. The molecule has 2 aromatic carbocycles. The molecule has 3 heteroatoms. The van der Waals surface area contributed by atoms with Gasteiger partial charge in [-0.3, -0.25) is 4.79 Å². The van der Waals surface area contributed by atoms with Gasteiger partial charge < -0.3 is 10.1 Å². The molecular formula is C26H33NO2. The number of carbonyl (C=O) groups is 1. The van der Waals surface area contributed by atoms with Gasteiger partial charge in [0.05, 0.1) is 18.2 Å². The molecule has 2 aliphatic rings. The van der Waals surface area contributed by atoms with Gasteiger partial charge in [-0.1, -0.05) is 69.3 Å². The van der Waals surface area contributed by atoms with Crippen LogP contribution in [0.5, 0.6) is 0 Å². The Morgan fingerprint density at radius 1 is 1.14 bits per heavy atom. The van der Waals surface area contributed by atoms with E-state index in [4.69, 9.17) is 4.74 Å². The molecule has 1 fully saturated rings. The SMILES string of the molecule is CCC(C)C(=O)CC1(CC)OCC(Cc2ccccc2)C2c3ccccc3NC21. The van der Waals surface area contributed by atoms with E-state index < -0.39 is 5.60 Å². The second kappa shape index (κ2) is 8.31. The normalized spacial score (nSPS) is 28.9. The summed E-state index contributed by atoms with van der Waals surface area (Å²) in [6.07, 6.45) is 3.22. The third kappa shape index (κ3) is 3.73. The van der Waals surface area contributed by atoms with E-state index in [2.05, 4.69) is 73.8 Å². The van der Waals surface area contributed by atoms with Gasteiger partial charge in [0.2, 0.25) is 0 Å². The maximum atomic E-state index is 12.9. The first kappa shape index (κ1) is 20.2. The molecule has 0 saturated carbocycles. The number of fused-ring (bicyclic) bond motifs is 3. The summed E-state index contributed by atoms with van der Waals surface area (Å²) >= 11 is 0. The lowest BCUT2D eigenvalue weighted by atomic mass is 9.69. The van der Waals surface area contributed by atoms with Crippen LogP contribution in [0.4, 0.5) is 5.69 Å². The molecule has 2 aliphatic heterocycles. The van der Waals surface area contributed by atoms with Crippen molar-refractivity contribution in [2.24, 2.45) is 11.8 Å². The Balaban J connectivity index is 1.67. The zero-order valence-corrected chi connectivity index (χ0v) is 17.9. The van der Waals surface area contributed by atoms with Crippen molar-refractivity contribution in [2.45, 2.75) is 64.0 Å². The van der Waals surface area contributed by atoms with Gasteiger partial charge in [-0.25, -0.2) is 0 Å². The molecule has 4 rings (SSSR count). The molecule has 0 aliphatic carbocycles. The molecule has 0 radical (unpaired) electrons. The predicted octanol–water partition coefficient (Wildman–Crippen LogP) is 5.61. The van der Waals surface area contributed by atoms with Crippen LogP contribution in [0.3, 0.4) is 0 Å². The van der Waals surface area contributed by atoms with Crippen molar-refractivity contribution in [1.82, 2.24) is 0 Å². The van der Waals surface area contributed by atoms with Crippen LogP contribution in [0.25, 0.3) is 0 Å². The van der Waals surface area contributed by atoms with Crippen molar-refractivity contribution < 1.29 is 9.53 Å².